The molecule has 0 atom stereocenters. The number of hydrogen-bond donors (Lipinski definition) is 0. The number of methoxy groups -OCH3 is 1. The Kier molecular flexibility index (Phi) is 5.73. The molecular formula is C18H21N3O5S. The zero-order valence-electron chi connectivity index (χ0n) is 14.9. The molecule has 9 heteroatoms. The average Bonchev–Trinajstić information content (AvgIpc) is 2.68. The summed E-state index contributed by atoms with van der Waals surface area (Å²) < 4.78 is 32.1. The van der Waals surface area contributed by atoms with Gasteiger partial charge in [-0.25, -0.2) is 8.42 Å². The summed E-state index contributed by atoms with van der Waals surface area (Å²) in [4.78, 5) is 12.4. The molecule has 1 heterocycles. The lowest BCUT2D eigenvalue weighted by Gasteiger charge is -2.34. The van der Waals surface area contributed by atoms with Crippen molar-refractivity contribution in [3.8, 4) is 5.75 Å². The number of nitrogens with zero attached hydrogens (tertiary/aromatic N) is 3. The molecule has 0 aliphatic carbocycles. The molecule has 1 aliphatic heterocycles. The zero-order chi connectivity index (χ0) is 19.4. The van der Waals surface area contributed by atoms with E-state index in [0.717, 1.165) is 17.9 Å². The maximum atomic E-state index is 12.7. The van der Waals surface area contributed by atoms with Crippen LogP contribution in [0, 0.1) is 10.1 Å². The fraction of sp³-hybridized carbons (Fsp3) is 0.333. The second-order valence-corrected chi connectivity index (χ2v) is 8.22. The normalized spacial score (nSPS) is 16.2. The molecule has 3 rings (SSSR count). The van der Waals surface area contributed by atoms with Crippen LogP contribution < -0.4 is 4.74 Å². The quantitative estimate of drug-likeness (QED) is 0.553. The molecule has 8 nitrogen and oxygen atoms in total. The highest BCUT2D eigenvalue weighted by Crippen LogP contribution is 2.21. The highest BCUT2D eigenvalue weighted by atomic mass is 32.2. The predicted octanol–water partition coefficient (Wildman–Crippen LogP) is 2.11. The third-order valence-corrected chi connectivity index (χ3v) is 6.47. The monoisotopic (exact) mass is 391 g/mol. The van der Waals surface area contributed by atoms with Crippen molar-refractivity contribution < 1.29 is 18.1 Å². The molecule has 144 valence electrons. The van der Waals surface area contributed by atoms with Crippen molar-refractivity contribution in [2.75, 3.05) is 33.3 Å². The molecule has 0 radical (unpaired) electrons. The topological polar surface area (TPSA) is 93.0 Å². The number of ether oxygens (including phenoxy) is 1. The molecule has 0 saturated carbocycles. The number of non-ortho nitro benzene ring substituents is 1. The third-order valence-electron chi connectivity index (χ3n) is 4.56. The van der Waals surface area contributed by atoms with E-state index in [9.17, 15) is 18.5 Å². The van der Waals surface area contributed by atoms with Gasteiger partial charge in [0.05, 0.1) is 16.9 Å². The Morgan fingerprint density at radius 1 is 1.07 bits per heavy atom. The fourth-order valence-corrected chi connectivity index (χ4v) is 4.47. The molecule has 1 fully saturated rings. The molecule has 1 saturated heterocycles. The summed E-state index contributed by atoms with van der Waals surface area (Å²) >= 11 is 0. The van der Waals surface area contributed by atoms with Crippen LogP contribution in [0.3, 0.4) is 0 Å². The maximum Gasteiger partial charge on any atom is 0.269 e. The first kappa shape index (κ1) is 19.3. The van der Waals surface area contributed by atoms with Crippen molar-refractivity contribution in [3.63, 3.8) is 0 Å². The van der Waals surface area contributed by atoms with Crippen LogP contribution in [0.25, 0.3) is 0 Å². The van der Waals surface area contributed by atoms with E-state index in [1.54, 1.807) is 7.11 Å². The van der Waals surface area contributed by atoms with Gasteiger partial charge in [-0.3, -0.25) is 15.0 Å². The van der Waals surface area contributed by atoms with Gasteiger partial charge in [0.25, 0.3) is 5.69 Å². The maximum absolute atomic E-state index is 12.7. The van der Waals surface area contributed by atoms with E-state index in [0.29, 0.717) is 26.2 Å². The predicted molar refractivity (Wildman–Crippen MR) is 100 cm³/mol. The van der Waals surface area contributed by atoms with Crippen LogP contribution in [0.15, 0.2) is 53.4 Å². The van der Waals surface area contributed by atoms with Gasteiger partial charge in [-0.1, -0.05) is 12.1 Å². The molecule has 0 aromatic heterocycles. The van der Waals surface area contributed by atoms with Crippen molar-refractivity contribution in [2.24, 2.45) is 0 Å². The van der Waals surface area contributed by atoms with Gasteiger partial charge in [-0.05, 0) is 29.8 Å². The van der Waals surface area contributed by atoms with E-state index in [2.05, 4.69) is 4.90 Å². The van der Waals surface area contributed by atoms with E-state index in [4.69, 9.17) is 4.74 Å². The van der Waals surface area contributed by atoms with E-state index >= 15 is 0 Å². The molecule has 0 unspecified atom stereocenters. The first-order valence-corrected chi connectivity index (χ1v) is 9.94. The van der Waals surface area contributed by atoms with Crippen LogP contribution >= 0.6 is 0 Å². The minimum atomic E-state index is -3.65. The summed E-state index contributed by atoms with van der Waals surface area (Å²) in [6.45, 7) is 2.71. The van der Waals surface area contributed by atoms with Crippen molar-refractivity contribution in [3.05, 3.63) is 64.2 Å². The largest absolute Gasteiger partial charge is 0.497 e. The van der Waals surface area contributed by atoms with Crippen molar-refractivity contribution in [2.45, 2.75) is 11.4 Å². The average molecular weight is 391 g/mol. The van der Waals surface area contributed by atoms with E-state index in [1.165, 1.54) is 28.6 Å². The Morgan fingerprint density at radius 2 is 1.74 bits per heavy atom. The van der Waals surface area contributed by atoms with Crippen LogP contribution in [0.2, 0.25) is 0 Å². The Labute approximate surface area is 158 Å². The number of rotatable bonds is 6. The summed E-state index contributed by atoms with van der Waals surface area (Å²) in [5.41, 5.74) is 0.984. The molecule has 1 aliphatic rings. The lowest BCUT2D eigenvalue weighted by atomic mass is 10.2. The Morgan fingerprint density at radius 3 is 2.33 bits per heavy atom. The lowest BCUT2D eigenvalue weighted by molar-refractivity contribution is -0.384. The summed E-state index contributed by atoms with van der Waals surface area (Å²) in [6, 6.07) is 12.8. The summed E-state index contributed by atoms with van der Waals surface area (Å²) in [7, 11) is -2.02. The standard InChI is InChI=1S/C18H21N3O5S/c1-26-17-4-2-3-15(13-17)14-19-9-11-20(12-10-19)27(24,25)18-7-5-16(6-8-18)21(22)23/h2-8,13H,9-12,14H2,1H3. The zero-order valence-corrected chi connectivity index (χ0v) is 15.8. The van der Waals surface area contributed by atoms with Crippen molar-refractivity contribution in [1.82, 2.24) is 9.21 Å². The Bertz CT molecular complexity index is 907. The van der Waals surface area contributed by atoms with Gasteiger partial charge in [-0.2, -0.15) is 4.31 Å². The van der Waals surface area contributed by atoms with Crippen LogP contribution in [0.5, 0.6) is 5.75 Å². The van der Waals surface area contributed by atoms with Crippen molar-refractivity contribution >= 4 is 15.7 Å². The number of sulfonamides is 1. The van der Waals surface area contributed by atoms with Gasteiger partial charge >= 0.3 is 0 Å². The van der Waals surface area contributed by atoms with E-state index in [1.807, 2.05) is 24.3 Å². The Hall–Kier alpha value is -2.49. The summed E-state index contributed by atoms with van der Waals surface area (Å²) in [6.07, 6.45) is 0. The summed E-state index contributed by atoms with van der Waals surface area (Å²) in [5, 5.41) is 10.7. The first-order valence-electron chi connectivity index (χ1n) is 8.50. The van der Waals surface area contributed by atoms with E-state index < -0.39 is 14.9 Å². The number of piperazine rings is 1. The summed E-state index contributed by atoms with van der Waals surface area (Å²) in [5.74, 6) is 0.798. The third kappa shape index (κ3) is 4.44. The minimum absolute atomic E-state index is 0.0781. The van der Waals surface area contributed by atoms with Gasteiger partial charge in [-0.15, -0.1) is 0 Å². The van der Waals surface area contributed by atoms with Gasteiger partial charge in [0.2, 0.25) is 10.0 Å². The van der Waals surface area contributed by atoms with Crippen LogP contribution in [-0.2, 0) is 16.6 Å². The molecule has 2 aromatic carbocycles. The SMILES string of the molecule is COc1cccc(CN2CCN(S(=O)(=O)c3ccc([N+](=O)[O-])cc3)CC2)c1. The van der Waals surface area contributed by atoms with Crippen LogP contribution in [0.1, 0.15) is 5.56 Å². The molecule has 0 N–H and O–H groups in total. The lowest BCUT2D eigenvalue weighted by Crippen LogP contribution is -2.48. The van der Waals surface area contributed by atoms with Crippen molar-refractivity contribution in [1.29, 1.82) is 0 Å². The smallest absolute Gasteiger partial charge is 0.269 e. The van der Waals surface area contributed by atoms with Crippen LogP contribution in [0.4, 0.5) is 5.69 Å². The fourth-order valence-electron chi connectivity index (χ4n) is 3.05. The highest BCUT2D eigenvalue weighted by Gasteiger charge is 2.28. The molecule has 2 aromatic rings. The molecule has 0 amide bonds. The number of nitro groups is 1. The first-order chi connectivity index (χ1) is 12.9. The van der Waals surface area contributed by atoms with Gasteiger partial charge in [0.15, 0.2) is 0 Å². The number of benzene rings is 2. The van der Waals surface area contributed by atoms with E-state index in [-0.39, 0.29) is 10.6 Å². The highest BCUT2D eigenvalue weighted by molar-refractivity contribution is 7.89. The van der Waals surface area contributed by atoms with Gasteiger partial charge in [0.1, 0.15) is 5.75 Å². The molecule has 27 heavy (non-hydrogen) atoms. The minimum Gasteiger partial charge on any atom is -0.497 e. The molecule has 0 spiro atoms. The van der Waals surface area contributed by atoms with Gasteiger partial charge in [0, 0.05) is 44.9 Å². The Balaban J connectivity index is 1.63. The van der Waals surface area contributed by atoms with Crippen LogP contribution in [-0.4, -0.2) is 55.8 Å². The molecule has 0 bridgehead atoms. The number of hydrogen-bond acceptors (Lipinski definition) is 6. The number of nitro benzene ring substituents is 1. The second-order valence-electron chi connectivity index (χ2n) is 6.28. The van der Waals surface area contributed by atoms with Gasteiger partial charge < -0.3 is 4.74 Å². The second kappa shape index (κ2) is 8.03. The molecular weight excluding hydrogens is 370 g/mol.